The van der Waals surface area contributed by atoms with Gasteiger partial charge in [-0.05, 0) is 118 Å². The van der Waals surface area contributed by atoms with Gasteiger partial charge >= 0.3 is 11.9 Å². The lowest BCUT2D eigenvalue weighted by atomic mass is 9.95. The summed E-state index contributed by atoms with van der Waals surface area (Å²) in [5.41, 5.74) is 5.38. The zero-order valence-electron chi connectivity index (χ0n) is 26.2. The van der Waals surface area contributed by atoms with Crippen molar-refractivity contribution in [3.63, 3.8) is 0 Å². The highest BCUT2D eigenvalue weighted by Crippen LogP contribution is 2.34. The van der Waals surface area contributed by atoms with Gasteiger partial charge in [-0.15, -0.1) is 0 Å². The Balaban J connectivity index is 1.41. The Morgan fingerprint density at radius 3 is 2.27 bits per heavy atom. The fraction of sp³-hybridized carbons (Fsp3) is 0.324. The van der Waals surface area contributed by atoms with Gasteiger partial charge in [0.2, 0.25) is 0 Å². The molecule has 0 spiro atoms. The van der Waals surface area contributed by atoms with Gasteiger partial charge in [-0.25, -0.2) is 9.59 Å². The first-order chi connectivity index (χ1) is 21.5. The number of rotatable bonds is 9. The number of aliphatic carboxylic acids is 1. The zero-order valence-corrected chi connectivity index (χ0v) is 26.9. The summed E-state index contributed by atoms with van der Waals surface area (Å²) in [7, 11) is 0. The van der Waals surface area contributed by atoms with Crippen LogP contribution in [0.3, 0.4) is 0 Å². The highest BCUT2D eigenvalue weighted by molar-refractivity contribution is 6.30. The number of hydrogen-bond acceptors (Lipinski definition) is 5. The minimum Gasteiger partial charge on any atom is -0.489 e. The van der Waals surface area contributed by atoms with Crippen LogP contribution in [0, 0.1) is 0 Å². The molecule has 0 bridgehead atoms. The zero-order chi connectivity index (χ0) is 32.1. The second-order valence-electron chi connectivity index (χ2n) is 12.5. The number of carboxylic acids is 1. The minimum absolute atomic E-state index is 0.233. The maximum Gasteiger partial charge on any atom is 0.338 e. The van der Waals surface area contributed by atoms with Crippen molar-refractivity contribution in [3.8, 4) is 28.1 Å². The van der Waals surface area contributed by atoms with Crippen LogP contribution in [-0.4, -0.2) is 32.4 Å². The van der Waals surface area contributed by atoms with Gasteiger partial charge < -0.3 is 14.6 Å². The van der Waals surface area contributed by atoms with Gasteiger partial charge in [0.25, 0.3) is 0 Å². The fourth-order valence-corrected chi connectivity index (χ4v) is 5.68. The topological polar surface area (TPSA) is 90.7 Å². The molecule has 1 aliphatic rings. The lowest BCUT2D eigenvalue weighted by molar-refractivity contribution is -0.132. The number of carbonyl (C=O) groups excluding carboxylic acids is 1. The number of ether oxygens (including phenoxy) is 2. The molecule has 1 fully saturated rings. The molecule has 45 heavy (non-hydrogen) atoms. The molecule has 0 saturated heterocycles. The van der Waals surface area contributed by atoms with Crippen LogP contribution in [0.15, 0.2) is 78.4 Å². The van der Waals surface area contributed by atoms with E-state index >= 15 is 0 Å². The van der Waals surface area contributed by atoms with Crippen molar-refractivity contribution in [1.29, 1.82) is 0 Å². The summed E-state index contributed by atoms with van der Waals surface area (Å²) in [5, 5.41) is 14.8. The molecule has 3 aromatic carbocycles. The molecule has 4 aromatic rings. The predicted molar refractivity (Wildman–Crippen MR) is 177 cm³/mol. The van der Waals surface area contributed by atoms with E-state index in [1.54, 1.807) is 19.1 Å². The molecule has 0 atom stereocenters. The van der Waals surface area contributed by atoms with Crippen molar-refractivity contribution in [2.24, 2.45) is 0 Å². The van der Waals surface area contributed by atoms with E-state index in [0.717, 1.165) is 53.6 Å². The normalized spacial score (nSPS) is 14.3. The van der Waals surface area contributed by atoms with E-state index in [2.05, 4.69) is 4.68 Å². The summed E-state index contributed by atoms with van der Waals surface area (Å²) in [5.74, 6) is -0.673. The van der Waals surface area contributed by atoms with Crippen LogP contribution in [0.2, 0.25) is 5.02 Å². The summed E-state index contributed by atoms with van der Waals surface area (Å²) in [6.07, 6.45) is 7.26. The Kier molecular flexibility index (Phi) is 9.78. The molecular weight excluding hydrogens is 588 g/mol. The molecule has 0 aliphatic heterocycles. The Labute approximate surface area is 269 Å². The Bertz CT molecular complexity index is 1690. The van der Waals surface area contributed by atoms with E-state index in [-0.39, 0.29) is 18.2 Å². The molecule has 8 heteroatoms. The van der Waals surface area contributed by atoms with Crippen molar-refractivity contribution in [1.82, 2.24) is 9.78 Å². The predicted octanol–water partition coefficient (Wildman–Crippen LogP) is 9.40. The highest BCUT2D eigenvalue weighted by Gasteiger charge is 2.22. The van der Waals surface area contributed by atoms with Crippen LogP contribution in [-0.2, 0) is 16.1 Å². The molecule has 5 rings (SSSR count). The molecule has 234 valence electrons. The largest absolute Gasteiger partial charge is 0.489 e. The van der Waals surface area contributed by atoms with Crippen LogP contribution in [0.4, 0.5) is 0 Å². The van der Waals surface area contributed by atoms with E-state index in [1.165, 1.54) is 6.42 Å². The summed E-state index contributed by atoms with van der Waals surface area (Å²) in [6.45, 7) is 7.35. The van der Waals surface area contributed by atoms with Crippen LogP contribution in [0.5, 0.6) is 5.75 Å². The van der Waals surface area contributed by atoms with E-state index in [1.807, 2.05) is 87.5 Å². The first kappa shape index (κ1) is 32.0. The number of carbonyl (C=O) groups is 2. The molecule has 1 aliphatic carbocycles. The van der Waals surface area contributed by atoms with Gasteiger partial charge in [-0.1, -0.05) is 49.1 Å². The van der Waals surface area contributed by atoms with Crippen molar-refractivity contribution in [2.75, 3.05) is 0 Å². The summed E-state index contributed by atoms with van der Waals surface area (Å²) >= 11 is 6.14. The molecule has 1 heterocycles. The van der Waals surface area contributed by atoms with Gasteiger partial charge in [0.1, 0.15) is 18.0 Å². The molecule has 0 unspecified atom stereocenters. The highest BCUT2D eigenvalue weighted by atomic mass is 35.5. The number of hydrogen-bond donors (Lipinski definition) is 1. The van der Waals surface area contributed by atoms with E-state index in [0.29, 0.717) is 22.0 Å². The smallest absolute Gasteiger partial charge is 0.338 e. The van der Waals surface area contributed by atoms with Crippen LogP contribution in [0.1, 0.15) is 87.5 Å². The standard InChI is InChI=1S/C37H39ClN2O5/c1-24(35(41)42)20-30-22-34(40(39-30)31-8-6-5-7-9-31)26-12-17-32(18-13-26)44-23-28-21-27(36(43)45-37(2,3)4)14-19-33(28)25-10-15-29(38)16-11-25/h10-22,31H,5-9,23H2,1-4H3,(H,41,42)/b24-20+. The first-order valence-corrected chi connectivity index (χ1v) is 15.7. The van der Waals surface area contributed by atoms with Crippen molar-refractivity contribution in [3.05, 3.63) is 100 Å². The fourth-order valence-electron chi connectivity index (χ4n) is 5.56. The summed E-state index contributed by atoms with van der Waals surface area (Å²) < 4.78 is 13.9. The third-order valence-electron chi connectivity index (χ3n) is 7.82. The maximum absolute atomic E-state index is 12.9. The first-order valence-electron chi connectivity index (χ1n) is 15.3. The SMILES string of the molecule is C/C(=C\c1cc(-c2ccc(OCc3cc(C(=O)OC(C)(C)C)ccc3-c3ccc(Cl)cc3)cc2)n(C2CCCCC2)n1)C(=O)O. The van der Waals surface area contributed by atoms with Gasteiger partial charge in [0.15, 0.2) is 0 Å². The average Bonchev–Trinajstić information content (AvgIpc) is 3.44. The summed E-state index contributed by atoms with van der Waals surface area (Å²) in [4.78, 5) is 24.3. The minimum atomic E-state index is -0.957. The third-order valence-corrected chi connectivity index (χ3v) is 8.07. The van der Waals surface area contributed by atoms with E-state index in [9.17, 15) is 14.7 Å². The van der Waals surface area contributed by atoms with Gasteiger partial charge in [-0.3, -0.25) is 4.68 Å². The molecule has 0 radical (unpaired) electrons. The van der Waals surface area contributed by atoms with Gasteiger partial charge in [0.05, 0.1) is 23.0 Å². The van der Waals surface area contributed by atoms with Gasteiger partial charge in [-0.2, -0.15) is 5.10 Å². The number of aromatic nitrogens is 2. The second-order valence-corrected chi connectivity index (χ2v) is 13.0. The monoisotopic (exact) mass is 626 g/mol. The quantitative estimate of drug-likeness (QED) is 0.147. The van der Waals surface area contributed by atoms with E-state index in [4.69, 9.17) is 26.2 Å². The number of benzene rings is 3. The average molecular weight is 627 g/mol. The Morgan fingerprint density at radius 1 is 0.956 bits per heavy atom. The Hall–Kier alpha value is -4.36. The molecule has 1 aromatic heterocycles. The molecule has 0 amide bonds. The van der Waals surface area contributed by atoms with Crippen molar-refractivity contribution in [2.45, 2.75) is 78.0 Å². The molecule has 1 saturated carbocycles. The van der Waals surface area contributed by atoms with Crippen LogP contribution in [0.25, 0.3) is 28.5 Å². The van der Waals surface area contributed by atoms with Gasteiger partial charge in [0, 0.05) is 16.2 Å². The number of nitrogens with zero attached hydrogens (tertiary/aromatic N) is 2. The molecule has 1 N–H and O–H groups in total. The second kappa shape index (κ2) is 13.7. The van der Waals surface area contributed by atoms with Crippen molar-refractivity contribution < 1.29 is 24.2 Å². The number of halogens is 1. The third kappa shape index (κ3) is 8.22. The van der Waals surface area contributed by atoms with Crippen molar-refractivity contribution >= 4 is 29.6 Å². The maximum atomic E-state index is 12.9. The Morgan fingerprint density at radius 2 is 1.62 bits per heavy atom. The van der Waals surface area contributed by atoms with Crippen LogP contribution < -0.4 is 4.74 Å². The lowest BCUT2D eigenvalue weighted by Crippen LogP contribution is -2.24. The number of esters is 1. The lowest BCUT2D eigenvalue weighted by Gasteiger charge is -2.24. The van der Waals surface area contributed by atoms with E-state index < -0.39 is 17.5 Å². The number of carboxylic acid groups (broad SMARTS) is 1. The molecular formula is C37H39ClN2O5. The van der Waals surface area contributed by atoms with Crippen LogP contribution >= 0.6 is 11.6 Å². The molecule has 7 nitrogen and oxygen atoms in total. The summed E-state index contributed by atoms with van der Waals surface area (Å²) in [6, 6.07) is 23.1.